The van der Waals surface area contributed by atoms with Crippen LogP contribution in [-0.4, -0.2) is 16.0 Å². The Bertz CT molecular complexity index is 1030. The fourth-order valence-electron chi connectivity index (χ4n) is 4.13. The molecule has 0 aliphatic carbocycles. The number of rotatable bonds is 3. The third kappa shape index (κ3) is 4.63. The lowest BCUT2D eigenvalue weighted by atomic mass is 9.99. The van der Waals surface area contributed by atoms with Gasteiger partial charge in [-0.2, -0.15) is 26.3 Å². The van der Waals surface area contributed by atoms with E-state index < -0.39 is 23.5 Å². The van der Waals surface area contributed by atoms with Crippen molar-refractivity contribution in [2.45, 2.75) is 37.9 Å². The highest BCUT2D eigenvalue weighted by Crippen LogP contribution is 2.36. The van der Waals surface area contributed by atoms with Gasteiger partial charge < -0.3 is 4.57 Å². The molecule has 0 unspecified atom stereocenters. The van der Waals surface area contributed by atoms with Gasteiger partial charge in [-0.05, 0) is 47.9 Å². The zero-order valence-electron chi connectivity index (χ0n) is 16.4. The average Bonchev–Trinajstić information content (AvgIpc) is 3.09. The summed E-state index contributed by atoms with van der Waals surface area (Å²) in [6, 6.07) is 13.6. The second-order valence-electron chi connectivity index (χ2n) is 7.67. The summed E-state index contributed by atoms with van der Waals surface area (Å²) in [4.78, 5) is 2.02. The van der Waals surface area contributed by atoms with E-state index in [2.05, 4.69) is 4.57 Å². The van der Waals surface area contributed by atoms with Gasteiger partial charge in [-0.1, -0.05) is 30.3 Å². The van der Waals surface area contributed by atoms with Crippen molar-refractivity contribution in [3.05, 3.63) is 94.8 Å². The molecule has 0 saturated carbocycles. The molecule has 0 radical (unpaired) electrons. The van der Waals surface area contributed by atoms with Crippen LogP contribution >= 0.6 is 0 Å². The SMILES string of the molecule is FC(F)(F)c1ccc([C@@H]2c3cccn3CCCN2Cc2cccc(C(F)(F)F)c2)cc1. The maximum atomic E-state index is 13.1. The van der Waals surface area contributed by atoms with Crippen LogP contribution in [0.1, 0.15) is 40.4 Å². The van der Waals surface area contributed by atoms with Crippen LogP contribution < -0.4 is 0 Å². The molecule has 0 fully saturated rings. The van der Waals surface area contributed by atoms with Crippen LogP contribution in [0.15, 0.2) is 66.9 Å². The number of nitrogens with zero attached hydrogens (tertiary/aromatic N) is 2. The minimum absolute atomic E-state index is 0.251. The molecule has 0 saturated heterocycles. The van der Waals surface area contributed by atoms with Crippen molar-refractivity contribution >= 4 is 0 Å². The summed E-state index contributed by atoms with van der Waals surface area (Å²) in [7, 11) is 0. The lowest BCUT2D eigenvalue weighted by Crippen LogP contribution is -2.29. The molecular weight excluding hydrogens is 418 g/mol. The summed E-state index contributed by atoms with van der Waals surface area (Å²) < 4.78 is 80.5. The third-order valence-corrected chi connectivity index (χ3v) is 5.55. The first-order valence-electron chi connectivity index (χ1n) is 9.85. The van der Waals surface area contributed by atoms with Crippen molar-refractivity contribution in [1.29, 1.82) is 0 Å². The first kappa shape index (κ1) is 21.5. The Labute approximate surface area is 175 Å². The summed E-state index contributed by atoms with van der Waals surface area (Å²) in [5.41, 5.74) is 0.636. The van der Waals surface area contributed by atoms with E-state index in [-0.39, 0.29) is 12.6 Å². The summed E-state index contributed by atoms with van der Waals surface area (Å²) in [6.07, 6.45) is -6.17. The first-order valence-corrected chi connectivity index (χ1v) is 9.85. The molecule has 2 heterocycles. The van der Waals surface area contributed by atoms with Crippen LogP contribution in [0.25, 0.3) is 0 Å². The first-order chi connectivity index (χ1) is 14.6. The number of halogens is 6. The van der Waals surface area contributed by atoms with E-state index in [9.17, 15) is 26.3 Å². The van der Waals surface area contributed by atoms with Gasteiger partial charge in [0.1, 0.15) is 0 Å². The van der Waals surface area contributed by atoms with E-state index in [0.29, 0.717) is 17.7 Å². The van der Waals surface area contributed by atoms with Crippen molar-refractivity contribution in [3.8, 4) is 0 Å². The van der Waals surface area contributed by atoms with Gasteiger partial charge in [-0.3, -0.25) is 4.90 Å². The van der Waals surface area contributed by atoms with Gasteiger partial charge in [0.2, 0.25) is 0 Å². The van der Waals surface area contributed by atoms with Crippen molar-refractivity contribution in [1.82, 2.24) is 9.47 Å². The maximum Gasteiger partial charge on any atom is 0.416 e. The summed E-state index contributed by atoms with van der Waals surface area (Å²) in [5.74, 6) is 0. The smallest absolute Gasteiger partial charge is 0.350 e. The van der Waals surface area contributed by atoms with Crippen LogP contribution in [0.3, 0.4) is 0 Å². The molecule has 0 bridgehead atoms. The second-order valence-corrected chi connectivity index (χ2v) is 7.67. The van der Waals surface area contributed by atoms with Crippen molar-refractivity contribution in [2.75, 3.05) is 6.54 Å². The van der Waals surface area contributed by atoms with Gasteiger partial charge >= 0.3 is 12.4 Å². The third-order valence-electron chi connectivity index (χ3n) is 5.55. The van der Waals surface area contributed by atoms with Gasteiger partial charge in [0.15, 0.2) is 0 Å². The fourth-order valence-corrected chi connectivity index (χ4v) is 4.13. The van der Waals surface area contributed by atoms with Crippen molar-refractivity contribution in [3.63, 3.8) is 0 Å². The Morgan fingerprint density at radius 2 is 1.48 bits per heavy atom. The molecule has 1 aromatic heterocycles. The van der Waals surface area contributed by atoms with E-state index >= 15 is 0 Å². The lowest BCUT2D eigenvalue weighted by Gasteiger charge is -2.31. The number of aromatic nitrogens is 1. The van der Waals surface area contributed by atoms with Crippen LogP contribution in [0.5, 0.6) is 0 Å². The molecule has 0 N–H and O–H groups in total. The number of benzene rings is 2. The van der Waals surface area contributed by atoms with Crippen LogP contribution in [0.2, 0.25) is 0 Å². The molecule has 0 spiro atoms. The predicted octanol–water partition coefficient (Wildman–Crippen LogP) is 6.52. The van der Waals surface area contributed by atoms with Crippen molar-refractivity contribution in [2.24, 2.45) is 0 Å². The Balaban J connectivity index is 1.71. The summed E-state index contributed by atoms with van der Waals surface area (Å²) in [6.45, 7) is 1.59. The van der Waals surface area contributed by atoms with Crippen LogP contribution in [0, 0.1) is 0 Å². The molecule has 3 aromatic rings. The quantitative estimate of drug-likeness (QED) is 0.423. The molecule has 0 amide bonds. The molecule has 8 heteroatoms. The highest BCUT2D eigenvalue weighted by molar-refractivity contribution is 5.34. The van der Waals surface area contributed by atoms with E-state index in [1.807, 2.05) is 23.2 Å². The van der Waals surface area contributed by atoms with E-state index in [0.717, 1.165) is 42.9 Å². The van der Waals surface area contributed by atoms with Gasteiger partial charge in [-0.25, -0.2) is 0 Å². The molecule has 1 aliphatic rings. The monoisotopic (exact) mass is 438 g/mol. The molecular formula is C23H20F6N2. The lowest BCUT2D eigenvalue weighted by molar-refractivity contribution is -0.138. The number of alkyl halides is 6. The maximum absolute atomic E-state index is 13.1. The van der Waals surface area contributed by atoms with Crippen LogP contribution in [0.4, 0.5) is 26.3 Å². The Kier molecular flexibility index (Phi) is 5.60. The van der Waals surface area contributed by atoms with Crippen molar-refractivity contribution < 1.29 is 26.3 Å². The molecule has 4 rings (SSSR count). The highest BCUT2D eigenvalue weighted by atomic mass is 19.4. The Hall–Kier alpha value is -2.74. The summed E-state index contributed by atoms with van der Waals surface area (Å²) in [5, 5.41) is 0. The van der Waals surface area contributed by atoms with Crippen LogP contribution in [-0.2, 0) is 25.4 Å². The number of hydrogen-bond acceptors (Lipinski definition) is 1. The largest absolute Gasteiger partial charge is 0.416 e. The predicted molar refractivity (Wildman–Crippen MR) is 104 cm³/mol. The minimum Gasteiger partial charge on any atom is -0.350 e. The minimum atomic E-state index is -4.43. The number of aryl methyl sites for hydroxylation is 1. The normalized spacial score (nSPS) is 17.9. The topological polar surface area (TPSA) is 8.17 Å². The van der Waals surface area contributed by atoms with Gasteiger partial charge in [0.05, 0.1) is 17.2 Å². The molecule has 2 aromatic carbocycles. The molecule has 2 nitrogen and oxygen atoms in total. The zero-order chi connectivity index (χ0) is 22.2. The molecule has 31 heavy (non-hydrogen) atoms. The van der Waals surface area contributed by atoms with Gasteiger partial charge in [0, 0.05) is 31.5 Å². The Morgan fingerprint density at radius 3 is 2.16 bits per heavy atom. The van der Waals surface area contributed by atoms with Gasteiger partial charge in [-0.15, -0.1) is 0 Å². The second kappa shape index (κ2) is 8.07. The molecule has 1 aliphatic heterocycles. The molecule has 164 valence electrons. The standard InChI is InChI=1S/C23H20F6N2/c24-22(25,26)18-9-7-17(8-10-18)21-20-6-2-11-30(20)12-3-13-31(21)15-16-4-1-5-19(14-16)23(27,28)29/h1-2,4-11,14,21H,3,12-13,15H2/t21-/m1/s1. The van der Waals surface area contributed by atoms with E-state index in [4.69, 9.17) is 0 Å². The van der Waals surface area contributed by atoms with Gasteiger partial charge in [0.25, 0.3) is 0 Å². The van der Waals surface area contributed by atoms with E-state index in [1.54, 1.807) is 6.07 Å². The Morgan fingerprint density at radius 1 is 0.774 bits per heavy atom. The van der Waals surface area contributed by atoms with E-state index in [1.165, 1.54) is 18.2 Å². The number of hydrogen-bond donors (Lipinski definition) is 0. The molecule has 1 atom stereocenters. The fraction of sp³-hybridized carbons (Fsp3) is 0.304. The average molecular weight is 438 g/mol. The number of fused-ring (bicyclic) bond motifs is 1. The summed E-state index contributed by atoms with van der Waals surface area (Å²) >= 11 is 0. The highest BCUT2D eigenvalue weighted by Gasteiger charge is 2.33. The zero-order valence-corrected chi connectivity index (χ0v) is 16.4.